The minimum Gasteiger partial charge on any atom is -0.476 e. The number of carboxylic acid groups (broad SMARTS) is 1. The van der Waals surface area contributed by atoms with Gasteiger partial charge in [-0.15, -0.1) is 11.3 Å². The zero-order chi connectivity index (χ0) is 14.8. The summed E-state index contributed by atoms with van der Waals surface area (Å²) in [5.74, 6) is -0.998. The molecule has 1 heterocycles. The molecule has 2 N–H and O–H groups in total. The Hall–Kier alpha value is -0.990. The van der Waals surface area contributed by atoms with Crippen molar-refractivity contribution in [3.63, 3.8) is 0 Å². The number of thiazole rings is 1. The van der Waals surface area contributed by atoms with Gasteiger partial charge in [-0.1, -0.05) is 26.2 Å². The van der Waals surface area contributed by atoms with Crippen LogP contribution in [-0.4, -0.2) is 30.5 Å². The van der Waals surface area contributed by atoms with E-state index in [1.807, 2.05) is 6.92 Å². The van der Waals surface area contributed by atoms with E-state index in [-0.39, 0.29) is 10.3 Å². The van der Waals surface area contributed by atoms with Crippen molar-refractivity contribution in [1.29, 1.82) is 0 Å². The molecule has 0 amide bonds. The fraction of sp³-hybridized carbons (Fsp3) is 0.667. The van der Waals surface area contributed by atoms with Gasteiger partial charge in [0.15, 0.2) is 9.90 Å². The molecule has 1 aromatic heterocycles. The van der Waals surface area contributed by atoms with Crippen molar-refractivity contribution in [2.45, 2.75) is 49.3 Å². The largest absolute Gasteiger partial charge is 0.476 e. The van der Waals surface area contributed by atoms with Crippen LogP contribution < -0.4 is 4.72 Å². The van der Waals surface area contributed by atoms with Crippen LogP contribution >= 0.6 is 11.3 Å². The van der Waals surface area contributed by atoms with Gasteiger partial charge in [0.1, 0.15) is 0 Å². The van der Waals surface area contributed by atoms with Crippen LogP contribution in [0.15, 0.2) is 9.72 Å². The summed E-state index contributed by atoms with van der Waals surface area (Å²) >= 11 is 0.840. The maximum Gasteiger partial charge on any atom is 0.356 e. The second-order valence-corrected chi connectivity index (χ2v) is 7.74. The number of nitrogens with one attached hydrogen (secondary N) is 1. The molecular formula is C12H18N2O4S2. The summed E-state index contributed by atoms with van der Waals surface area (Å²) in [6.07, 6.45) is 4.86. The molecule has 1 aliphatic carbocycles. The monoisotopic (exact) mass is 318 g/mol. The highest BCUT2D eigenvalue weighted by atomic mass is 32.2. The van der Waals surface area contributed by atoms with Crippen molar-refractivity contribution in [3.05, 3.63) is 11.2 Å². The van der Waals surface area contributed by atoms with Crippen LogP contribution in [0.3, 0.4) is 0 Å². The summed E-state index contributed by atoms with van der Waals surface area (Å²) < 4.78 is 27.2. The average molecular weight is 318 g/mol. The SMILES string of the molecule is CCC1CCCCC1NS(=O)(=O)c1scnc1C(=O)O. The van der Waals surface area contributed by atoms with Gasteiger partial charge in [0.25, 0.3) is 10.0 Å². The molecule has 1 aromatic rings. The van der Waals surface area contributed by atoms with Crippen LogP contribution in [0.4, 0.5) is 0 Å². The molecule has 0 aliphatic heterocycles. The first-order valence-corrected chi connectivity index (χ1v) is 9.01. The number of hydrogen-bond acceptors (Lipinski definition) is 5. The molecule has 1 aliphatic rings. The lowest BCUT2D eigenvalue weighted by atomic mass is 9.83. The van der Waals surface area contributed by atoms with Crippen LogP contribution in [-0.2, 0) is 10.0 Å². The third-order valence-electron chi connectivity index (χ3n) is 3.72. The topological polar surface area (TPSA) is 96.4 Å². The van der Waals surface area contributed by atoms with Crippen LogP contribution in [0.1, 0.15) is 49.5 Å². The van der Waals surface area contributed by atoms with Crippen molar-refractivity contribution in [3.8, 4) is 0 Å². The highest BCUT2D eigenvalue weighted by molar-refractivity contribution is 7.91. The fourth-order valence-electron chi connectivity index (χ4n) is 2.67. The van der Waals surface area contributed by atoms with Crippen molar-refractivity contribution >= 4 is 27.3 Å². The molecule has 20 heavy (non-hydrogen) atoms. The number of rotatable bonds is 5. The maximum absolute atomic E-state index is 12.3. The zero-order valence-electron chi connectivity index (χ0n) is 11.2. The summed E-state index contributed by atoms with van der Waals surface area (Å²) in [4.78, 5) is 14.6. The van der Waals surface area contributed by atoms with E-state index < -0.39 is 21.7 Å². The van der Waals surface area contributed by atoms with Gasteiger partial charge >= 0.3 is 5.97 Å². The molecule has 0 radical (unpaired) electrons. The molecule has 0 bridgehead atoms. The van der Waals surface area contributed by atoms with Crippen LogP contribution in [0.5, 0.6) is 0 Å². The third kappa shape index (κ3) is 3.18. The smallest absolute Gasteiger partial charge is 0.356 e. The van der Waals surface area contributed by atoms with E-state index >= 15 is 0 Å². The molecule has 0 spiro atoms. The van der Waals surface area contributed by atoms with Gasteiger partial charge in [-0.3, -0.25) is 0 Å². The Balaban J connectivity index is 2.22. The van der Waals surface area contributed by atoms with E-state index in [0.717, 1.165) is 43.4 Å². The predicted molar refractivity (Wildman–Crippen MR) is 75.4 cm³/mol. The lowest BCUT2D eigenvalue weighted by Gasteiger charge is -2.31. The summed E-state index contributed by atoms with van der Waals surface area (Å²) in [6, 6.07) is -0.109. The van der Waals surface area contributed by atoms with Gasteiger partial charge in [-0.2, -0.15) is 0 Å². The molecule has 112 valence electrons. The summed E-state index contributed by atoms with van der Waals surface area (Å²) in [7, 11) is -3.81. The van der Waals surface area contributed by atoms with E-state index in [1.165, 1.54) is 5.51 Å². The molecule has 0 aromatic carbocycles. The predicted octanol–water partition coefficient (Wildman–Crippen LogP) is 2.09. The van der Waals surface area contributed by atoms with Gasteiger partial charge in [0, 0.05) is 6.04 Å². The Morgan fingerprint density at radius 2 is 2.20 bits per heavy atom. The summed E-state index contributed by atoms with van der Waals surface area (Å²) in [5.41, 5.74) is 0.849. The highest BCUT2D eigenvalue weighted by Gasteiger charge is 2.32. The molecule has 0 saturated heterocycles. The van der Waals surface area contributed by atoms with Gasteiger partial charge < -0.3 is 5.11 Å². The standard InChI is InChI=1S/C12H18N2O4S2/c1-2-8-5-3-4-6-9(8)14-20(17,18)12-10(11(15)16)13-7-19-12/h7-9,14H,2-6H2,1H3,(H,15,16). The quantitative estimate of drug-likeness (QED) is 0.866. The molecule has 2 unspecified atom stereocenters. The van der Waals surface area contributed by atoms with E-state index in [9.17, 15) is 13.2 Å². The maximum atomic E-state index is 12.3. The minimum absolute atomic E-state index is 0.109. The Morgan fingerprint density at radius 1 is 1.50 bits per heavy atom. The second kappa shape index (κ2) is 6.19. The molecular weight excluding hydrogens is 300 g/mol. The summed E-state index contributed by atoms with van der Waals surface area (Å²) in [6.45, 7) is 2.05. The molecule has 2 rings (SSSR count). The first kappa shape index (κ1) is 15.4. The average Bonchev–Trinajstić information content (AvgIpc) is 2.89. The molecule has 6 nitrogen and oxygen atoms in total. The first-order chi connectivity index (χ1) is 9.45. The zero-order valence-corrected chi connectivity index (χ0v) is 12.8. The lowest BCUT2D eigenvalue weighted by Crippen LogP contribution is -2.41. The van der Waals surface area contributed by atoms with E-state index in [1.54, 1.807) is 0 Å². The Bertz CT molecular complexity index is 582. The molecule has 8 heteroatoms. The minimum atomic E-state index is -3.81. The van der Waals surface area contributed by atoms with Crippen molar-refractivity contribution in [1.82, 2.24) is 9.71 Å². The number of aromatic nitrogens is 1. The van der Waals surface area contributed by atoms with E-state index in [4.69, 9.17) is 5.11 Å². The Labute approximate surface area is 122 Å². The number of aromatic carboxylic acids is 1. The lowest BCUT2D eigenvalue weighted by molar-refractivity contribution is 0.0687. The van der Waals surface area contributed by atoms with Gasteiger partial charge in [0.05, 0.1) is 5.51 Å². The number of hydrogen-bond donors (Lipinski definition) is 2. The number of nitrogens with zero attached hydrogens (tertiary/aromatic N) is 1. The van der Waals surface area contributed by atoms with Gasteiger partial charge in [0.2, 0.25) is 0 Å². The number of sulfonamides is 1. The van der Waals surface area contributed by atoms with Crippen molar-refractivity contribution in [2.75, 3.05) is 0 Å². The van der Waals surface area contributed by atoms with Gasteiger partial charge in [-0.05, 0) is 18.8 Å². The molecule has 2 atom stereocenters. The Morgan fingerprint density at radius 3 is 2.85 bits per heavy atom. The van der Waals surface area contributed by atoms with E-state index in [0.29, 0.717) is 5.92 Å². The Kier molecular flexibility index (Phi) is 4.77. The normalized spacial score (nSPS) is 23.6. The number of carboxylic acids is 1. The van der Waals surface area contributed by atoms with Crippen molar-refractivity contribution < 1.29 is 18.3 Å². The molecule has 1 saturated carbocycles. The number of carbonyl (C=O) groups is 1. The van der Waals surface area contributed by atoms with Crippen LogP contribution in [0, 0.1) is 5.92 Å². The van der Waals surface area contributed by atoms with E-state index in [2.05, 4.69) is 9.71 Å². The van der Waals surface area contributed by atoms with Crippen molar-refractivity contribution in [2.24, 2.45) is 5.92 Å². The molecule has 1 fully saturated rings. The fourth-order valence-corrected chi connectivity index (χ4v) is 5.17. The first-order valence-electron chi connectivity index (χ1n) is 6.64. The summed E-state index contributed by atoms with van der Waals surface area (Å²) in [5, 5.41) is 8.97. The van der Waals surface area contributed by atoms with Crippen LogP contribution in [0.2, 0.25) is 0 Å². The highest BCUT2D eigenvalue weighted by Crippen LogP contribution is 2.29. The van der Waals surface area contributed by atoms with Crippen LogP contribution in [0.25, 0.3) is 0 Å². The van der Waals surface area contributed by atoms with Gasteiger partial charge in [-0.25, -0.2) is 22.9 Å². The second-order valence-electron chi connectivity index (χ2n) is 4.97. The third-order valence-corrected chi connectivity index (χ3v) is 6.58.